The number of amides is 2. The molecule has 2 heterocycles. The van der Waals surface area contributed by atoms with Gasteiger partial charge < -0.3 is 15.3 Å². The first-order valence-electron chi connectivity index (χ1n) is 12.9. The van der Waals surface area contributed by atoms with Gasteiger partial charge in [-0.1, -0.05) is 35.9 Å². The molecule has 1 saturated carbocycles. The number of carbonyl (C=O) groups is 2. The van der Waals surface area contributed by atoms with Crippen LogP contribution < -0.4 is 25.1 Å². The van der Waals surface area contributed by atoms with Gasteiger partial charge in [0.1, 0.15) is 5.82 Å². The highest BCUT2D eigenvalue weighted by molar-refractivity contribution is 6.31. The Kier molecular flexibility index (Phi) is 8.07. The van der Waals surface area contributed by atoms with Gasteiger partial charge in [-0.3, -0.25) is 9.59 Å². The van der Waals surface area contributed by atoms with Crippen molar-refractivity contribution in [3.63, 3.8) is 0 Å². The fraction of sp³-hybridized carbons (Fsp3) is 0.321. The molecule has 9 nitrogen and oxygen atoms in total. The first-order chi connectivity index (χ1) is 19.6. The summed E-state index contributed by atoms with van der Waals surface area (Å²) in [4.78, 5) is 32.4. The third-order valence-electron chi connectivity index (χ3n) is 7.16. The Morgan fingerprint density at radius 1 is 1.22 bits per heavy atom. The van der Waals surface area contributed by atoms with Crippen LogP contribution in [0.1, 0.15) is 37.3 Å². The zero-order valence-corrected chi connectivity index (χ0v) is 22.7. The van der Waals surface area contributed by atoms with E-state index in [2.05, 4.69) is 10.3 Å². The zero-order chi connectivity index (χ0) is 29.3. The molecule has 216 valence electrons. The van der Waals surface area contributed by atoms with Gasteiger partial charge in [0.25, 0.3) is 11.8 Å². The van der Waals surface area contributed by atoms with Gasteiger partial charge in [0, 0.05) is 54.6 Å². The van der Waals surface area contributed by atoms with Gasteiger partial charge in [-0.15, -0.1) is 0 Å². The summed E-state index contributed by atoms with van der Waals surface area (Å²) in [5.41, 5.74) is 0.211. The number of halogens is 4. The number of hydrogen-bond donors (Lipinski definition) is 2. The summed E-state index contributed by atoms with van der Waals surface area (Å²) in [6.45, 7) is 0. The third kappa shape index (κ3) is 5.81. The van der Waals surface area contributed by atoms with Gasteiger partial charge in [-0.2, -0.15) is 0 Å². The number of hydrogen-bond acceptors (Lipinski definition) is 6. The van der Waals surface area contributed by atoms with E-state index in [0.29, 0.717) is 0 Å². The summed E-state index contributed by atoms with van der Waals surface area (Å²) < 4.78 is 47.1. The summed E-state index contributed by atoms with van der Waals surface area (Å²) in [5.74, 6) is -4.38. The van der Waals surface area contributed by atoms with Crippen LogP contribution in [0.2, 0.25) is 5.02 Å². The molecule has 1 aliphatic heterocycles. The van der Waals surface area contributed by atoms with Crippen molar-refractivity contribution in [2.75, 3.05) is 17.0 Å². The Morgan fingerprint density at radius 3 is 2.66 bits per heavy atom. The number of hydroxylamine groups is 1. The molecule has 2 fully saturated rings. The Labute approximate surface area is 239 Å². The molecule has 13 heteroatoms. The molecular weight excluding hydrogens is 563 g/mol. The number of ether oxygens (including phenoxy) is 1. The molecule has 2 N–H and O–H groups in total. The van der Waals surface area contributed by atoms with Gasteiger partial charge in [0.05, 0.1) is 12.8 Å². The monoisotopic (exact) mass is 589 g/mol. The van der Waals surface area contributed by atoms with Gasteiger partial charge in [0.2, 0.25) is 5.91 Å². The predicted octanol–water partition coefficient (Wildman–Crippen LogP) is 3.80. The highest BCUT2D eigenvalue weighted by Gasteiger charge is 2.49. The SMILES string of the molecule is COc1cccnc1N1C(=O)CC[C@H]1[NH+]([O-])N(c1cccc(F)c1)[C@H](C(=O)NC1CC(F)(F)C1)c1ccccc1Cl. The third-order valence-corrected chi connectivity index (χ3v) is 7.51. The minimum atomic E-state index is -2.90. The molecule has 1 aliphatic carbocycles. The lowest BCUT2D eigenvalue weighted by atomic mass is 9.88. The molecule has 2 amide bonds. The van der Waals surface area contributed by atoms with E-state index in [0.717, 1.165) is 11.1 Å². The van der Waals surface area contributed by atoms with E-state index in [9.17, 15) is 28.0 Å². The molecule has 1 unspecified atom stereocenters. The minimum Gasteiger partial charge on any atom is -0.606 e. The number of rotatable bonds is 9. The highest BCUT2D eigenvalue weighted by Crippen LogP contribution is 2.39. The van der Waals surface area contributed by atoms with Crippen molar-refractivity contribution >= 4 is 34.9 Å². The summed E-state index contributed by atoms with van der Waals surface area (Å²) in [6, 6.07) is 12.3. The van der Waals surface area contributed by atoms with Crippen LogP contribution in [0.4, 0.5) is 24.7 Å². The molecule has 2 aromatic carbocycles. The summed E-state index contributed by atoms with van der Waals surface area (Å²) in [7, 11) is 1.40. The normalized spacial score (nSPS) is 19.8. The fourth-order valence-electron chi connectivity index (χ4n) is 5.23. The molecule has 1 saturated heterocycles. The quantitative estimate of drug-likeness (QED) is 0.368. The van der Waals surface area contributed by atoms with Crippen LogP contribution >= 0.6 is 11.6 Å². The van der Waals surface area contributed by atoms with E-state index in [1.807, 2.05) is 0 Å². The van der Waals surface area contributed by atoms with Gasteiger partial charge >= 0.3 is 0 Å². The first-order valence-corrected chi connectivity index (χ1v) is 13.3. The predicted molar refractivity (Wildman–Crippen MR) is 145 cm³/mol. The molecule has 2 aliphatic rings. The van der Waals surface area contributed by atoms with E-state index < -0.39 is 59.8 Å². The van der Waals surface area contributed by atoms with E-state index in [4.69, 9.17) is 16.3 Å². The number of carbonyl (C=O) groups excluding carboxylic acids is 2. The van der Waals surface area contributed by atoms with E-state index in [-0.39, 0.29) is 40.7 Å². The number of anilines is 2. The van der Waals surface area contributed by atoms with Crippen molar-refractivity contribution in [2.24, 2.45) is 0 Å². The summed E-state index contributed by atoms with van der Waals surface area (Å²) in [5, 5.41) is 17.6. The van der Waals surface area contributed by atoms with Crippen molar-refractivity contribution in [1.29, 1.82) is 0 Å². The number of alkyl halides is 2. The van der Waals surface area contributed by atoms with Crippen LogP contribution in [0, 0.1) is 11.0 Å². The zero-order valence-electron chi connectivity index (χ0n) is 21.9. The number of quaternary nitrogens is 1. The van der Waals surface area contributed by atoms with E-state index in [1.54, 1.807) is 24.3 Å². The van der Waals surface area contributed by atoms with Crippen molar-refractivity contribution in [3.05, 3.63) is 88.5 Å². The molecule has 5 rings (SSSR count). The van der Waals surface area contributed by atoms with Crippen LogP contribution in [0.5, 0.6) is 5.75 Å². The largest absolute Gasteiger partial charge is 0.606 e. The van der Waals surface area contributed by atoms with Crippen molar-refractivity contribution in [1.82, 2.24) is 10.3 Å². The Morgan fingerprint density at radius 2 is 1.98 bits per heavy atom. The maximum Gasteiger partial charge on any atom is 0.253 e. The number of pyridine rings is 1. The number of methoxy groups -OCH3 is 1. The van der Waals surface area contributed by atoms with Gasteiger partial charge in [-0.25, -0.2) is 33.2 Å². The highest BCUT2D eigenvalue weighted by atomic mass is 35.5. The average molecular weight is 590 g/mol. The number of benzene rings is 2. The van der Waals surface area contributed by atoms with Gasteiger partial charge in [0.15, 0.2) is 23.8 Å². The fourth-order valence-corrected chi connectivity index (χ4v) is 5.47. The standard InChI is InChI=1S/C28H27ClF3N5O4/c1-41-22-10-5-13-33-26(22)35-23(11-12-24(35)38)37(40)36(19-7-4-6-17(30)14-19)25(20-8-2-3-9-21(20)29)27(39)34-18-15-28(31,32)16-18/h2-10,13-14,18,23,25,37H,11-12,15-16H2,1H3,(H,34,39)/t23-,25+/m1/s1. The first kappa shape index (κ1) is 28.7. The van der Waals surface area contributed by atoms with Gasteiger partial charge in [-0.05, 0) is 30.3 Å². The molecule has 0 bridgehead atoms. The topological polar surface area (TPSA) is 102 Å². The number of aromatic nitrogens is 1. The van der Waals surface area contributed by atoms with Crippen molar-refractivity contribution in [2.45, 2.75) is 49.9 Å². The summed E-state index contributed by atoms with van der Waals surface area (Å²) >= 11 is 6.50. The van der Waals surface area contributed by atoms with E-state index in [1.165, 1.54) is 48.5 Å². The minimum absolute atomic E-state index is 0.00718. The van der Waals surface area contributed by atoms with Crippen LogP contribution in [0.25, 0.3) is 0 Å². The smallest absolute Gasteiger partial charge is 0.253 e. The van der Waals surface area contributed by atoms with Crippen LogP contribution in [-0.4, -0.2) is 42.0 Å². The molecular formula is C28H27ClF3N5O4. The lowest BCUT2D eigenvalue weighted by Crippen LogP contribution is -3.20. The second-order valence-corrected chi connectivity index (χ2v) is 10.3. The molecule has 41 heavy (non-hydrogen) atoms. The lowest BCUT2D eigenvalue weighted by Gasteiger charge is -2.45. The Bertz CT molecular complexity index is 1440. The summed E-state index contributed by atoms with van der Waals surface area (Å²) in [6.07, 6.45) is -0.704. The molecule has 0 radical (unpaired) electrons. The van der Waals surface area contributed by atoms with E-state index >= 15 is 0 Å². The number of nitrogens with one attached hydrogen (secondary N) is 2. The van der Waals surface area contributed by atoms with Crippen LogP contribution in [-0.2, 0) is 9.59 Å². The second-order valence-electron chi connectivity index (χ2n) is 9.93. The molecule has 3 aromatic rings. The maximum atomic E-state index is 14.5. The van der Waals surface area contributed by atoms with Crippen LogP contribution in [0.3, 0.4) is 0 Å². The Hall–Kier alpha value is -3.87. The molecule has 3 atom stereocenters. The average Bonchev–Trinajstić information content (AvgIpc) is 3.31. The van der Waals surface area contributed by atoms with Crippen molar-refractivity contribution < 1.29 is 32.7 Å². The lowest BCUT2D eigenvalue weighted by molar-refractivity contribution is -0.885. The van der Waals surface area contributed by atoms with Crippen molar-refractivity contribution in [3.8, 4) is 5.75 Å². The second kappa shape index (κ2) is 11.6. The Balaban J connectivity index is 1.61. The number of nitrogens with zero attached hydrogens (tertiary/aromatic N) is 3. The molecule has 0 spiro atoms. The molecule has 1 aromatic heterocycles. The van der Waals surface area contributed by atoms with Crippen LogP contribution in [0.15, 0.2) is 66.9 Å². The maximum absolute atomic E-state index is 14.5.